The number of terminal acetylenes is 1. The number of carbonyl (C=O) groups excluding carboxylic acids is 1. The van der Waals surface area contributed by atoms with Crippen molar-refractivity contribution >= 4 is 11.7 Å². The van der Waals surface area contributed by atoms with Crippen LogP contribution in [0.1, 0.15) is 12.8 Å². The maximum absolute atomic E-state index is 12.3. The Balaban J connectivity index is 1.25. The van der Waals surface area contributed by atoms with E-state index in [1.165, 1.54) is 6.42 Å². The molecule has 0 saturated carbocycles. The van der Waals surface area contributed by atoms with Crippen LogP contribution in [-0.4, -0.2) is 36.6 Å². The van der Waals surface area contributed by atoms with Crippen LogP contribution in [0.2, 0.25) is 0 Å². The van der Waals surface area contributed by atoms with Gasteiger partial charge in [0, 0.05) is 30.7 Å². The Morgan fingerprint density at radius 3 is 2.57 bits per heavy atom. The number of hydrogen-bond donors (Lipinski definition) is 2. The highest BCUT2D eigenvalue weighted by molar-refractivity contribution is 5.89. The Bertz CT molecular complexity index is 844. The maximum atomic E-state index is 12.3. The first-order chi connectivity index (χ1) is 13.7. The number of ether oxygens (including phenoxy) is 1. The predicted octanol–water partition coefficient (Wildman–Crippen LogP) is 3.94. The molecule has 2 aromatic rings. The van der Waals surface area contributed by atoms with E-state index in [-0.39, 0.29) is 6.03 Å². The highest BCUT2D eigenvalue weighted by Crippen LogP contribution is 2.35. The molecule has 4 atom stereocenters. The summed E-state index contributed by atoms with van der Waals surface area (Å²) >= 11 is 0. The Hall–Kier alpha value is -2.97. The molecule has 28 heavy (non-hydrogen) atoms. The lowest BCUT2D eigenvalue weighted by Crippen LogP contribution is -2.56. The maximum Gasteiger partial charge on any atom is 0.319 e. The lowest BCUT2D eigenvalue weighted by atomic mass is 9.76. The summed E-state index contributed by atoms with van der Waals surface area (Å²) in [4.78, 5) is 14.7. The van der Waals surface area contributed by atoms with Gasteiger partial charge in [-0.2, -0.15) is 0 Å². The molecule has 5 nitrogen and oxygen atoms in total. The molecule has 2 N–H and O–H groups in total. The van der Waals surface area contributed by atoms with Gasteiger partial charge in [0.2, 0.25) is 0 Å². The van der Waals surface area contributed by atoms with E-state index < -0.39 is 0 Å². The molecule has 0 aliphatic carbocycles. The smallest absolute Gasteiger partial charge is 0.319 e. The number of rotatable bonds is 5. The largest absolute Gasteiger partial charge is 0.457 e. The summed E-state index contributed by atoms with van der Waals surface area (Å²) in [6.07, 6.45) is 7.88. The third-order valence-corrected chi connectivity index (χ3v) is 5.68. The van der Waals surface area contributed by atoms with Crippen molar-refractivity contribution < 1.29 is 9.53 Å². The Morgan fingerprint density at radius 2 is 1.89 bits per heavy atom. The molecular weight excluding hydrogens is 350 g/mol. The van der Waals surface area contributed by atoms with E-state index in [0.717, 1.165) is 36.7 Å². The van der Waals surface area contributed by atoms with Gasteiger partial charge >= 0.3 is 6.03 Å². The van der Waals surface area contributed by atoms with Gasteiger partial charge in [-0.25, -0.2) is 4.79 Å². The standard InChI is InChI=1S/C23H25N3O2/c1-2-17-16-26-13-12-18(17)14-20(26)15-24-23(27)25-19-8-10-22(11-9-19)28-21-6-4-3-5-7-21/h1,3-11,17-18,20H,12-16H2,(H2,24,25,27)/t17-,18+,20-/m1/s1. The van der Waals surface area contributed by atoms with Crippen molar-refractivity contribution in [1.29, 1.82) is 0 Å². The van der Waals surface area contributed by atoms with Gasteiger partial charge in [-0.05, 0) is 61.7 Å². The number of urea groups is 1. The summed E-state index contributed by atoms with van der Waals surface area (Å²) in [6, 6.07) is 17.2. The monoisotopic (exact) mass is 375 g/mol. The summed E-state index contributed by atoms with van der Waals surface area (Å²) in [6.45, 7) is 2.69. The quantitative estimate of drug-likeness (QED) is 0.778. The summed E-state index contributed by atoms with van der Waals surface area (Å²) in [5.41, 5.74) is 0.732. The molecule has 3 aliphatic heterocycles. The van der Waals surface area contributed by atoms with E-state index in [1.54, 1.807) is 0 Å². The second-order valence-corrected chi connectivity index (χ2v) is 7.48. The molecule has 0 aromatic heterocycles. The normalized spacial score (nSPS) is 25.5. The molecule has 3 heterocycles. The van der Waals surface area contributed by atoms with E-state index in [1.807, 2.05) is 54.6 Å². The van der Waals surface area contributed by atoms with Crippen molar-refractivity contribution in [3.8, 4) is 23.8 Å². The molecule has 144 valence electrons. The molecule has 1 unspecified atom stereocenters. The highest BCUT2D eigenvalue weighted by Gasteiger charge is 2.39. The van der Waals surface area contributed by atoms with E-state index >= 15 is 0 Å². The van der Waals surface area contributed by atoms with Gasteiger partial charge in [-0.15, -0.1) is 12.3 Å². The lowest BCUT2D eigenvalue weighted by molar-refractivity contribution is 0.0242. The number of para-hydroxylation sites is 1. The number of nitrogens with one attached hydrogen (secondary N) is 2. The molecule has 2 amide bonds. The fourth-order valence-electron chi connectivity index (χ4n) is 4.16. The molecule has 3 fully saturated rings. The van der Waals surface area contributed by atoms with Crippen molar-refractivity contribution in [2.45, 2.75) is 18.9 Å². The van der Waals surface area contributed by atoms with Crippen LogP contribution >= 0.6 is 0 Å². The SMILES string of the molecule is C#C[C@@H]1CN2CC[C@H]1C[C@@H]2CNC(=O)Nc1ccc(Oc2ccccc2)cc1. The fraction of sp³-hybridized carbons (Fsp3) is 0.348. The van der Waals surface area contributed by atoms with Crippen LogP contribution in [0.5, 0.6) is 11.5 Å². The van der Waals surface area contributed by atoms with Crippen LogP contribution in [-0.2, 0) is 0 Å². The predicted molar refractivity (Wildman–Crippen MR) is 110 cm³/mol. The Kier molecular flexibility index (Phi) is 5.50. The topological polar surface area (TPSA) is 53.6 Å². The van der Waals surface area contributed by atoms with E-state index in [4.69, 9.17) is 11.2 Å². The third-order valence-electron chi connectivity index (χ3n) is 5.68. The molecule has 5 heteroatoms. The molecule has 2 bridgehead atoms. The van der Waals surface area contributed by atoms with Gasteiger partial charge in [0.05, 0.1) is 0 Å². The number of carbonyl (C=O) groups is 1. The van der Waals surface area contributed by atoms with E-state index in [9.17, 15) is 4.79 Å². The van der Waals surface area contributed by atoms with Crippen LogP contribution in [0.3, 0.4) is 0 Å². The average Bonchev–Trinajstić information content (AvgIpc) is 2.75. The summed E-state index contributed by atoms with van der Waals surface area (Å²) in [5.74, 6) is 5.40. The summed E-state index contributed by atoms with van der Waals surface area (Å²) < 4.78 is 5.76. The molecule has 0 radical (unpaired) electrons. The van der Waals surface area contributed by atoms with Crippen LogP contribution in [0.4, 0.5) is 10.5 Å². The summed E-state index contributed by atoms with van der Waals surface area (Å²) in [5, 5.41) is 5.88. The van der Waals surface area contributed by atoms with Gasteiger partial charge in [0.15, 0.2) is 0 Å². The number of benzene rings is 2. The minimum Gasteiger partial charge on any atom is -0.457 e. The Labute approximate surface area is 166 Å². The number of anilines is 1. The van der Waals surface area contributed by atoms with Crippen molar-refractivity contribution in [1.82, 2.24) is 10.2 Å². The number of nitrogens with zero attached hydrogens (tertiary/aromatic N) is 1. The number of hydrogen-bond acceptors (Lipinski definition) is 3. The van der Waals surface area contributed by atoms with Gasteiger partial charge in [0.25, 0.3) is 0 Å². The van der Waals surface area contributed by atoms with Gasteiger partial charge in [-0.1, -0.05) is 18.2 Å². The molecule has 3 aliphatic rings. The molecular formula is C23H25N3O2. The minimum atomic E-state index is -0.187. The highest BCUT2D eigenvalue weighted by atomic mass is 16.5. The Morgan fingerprint density at radius 1 is 1.14 bits per heavy atom. The van der Waals surface area contributed by atoms with Gasteiger partial charge in [0.1, 0.15) is 11.5 Å². The van der Waals surface area contributed by atoms with Crippen LogP contribution < -0.4 is 15.4 Å². The zero-order chi connectivity index (χ0) is 19.3. The van der Waals surface area contributed by atoms with E-state index in [2.05, 4.69) is 21.5 Å². The molecule has 5 rings (SSSR count). The fourth-order valence-corrected chi connectivity index (χ4v) is 4.16. The zero-order valence-corrected chi connectivity index (χ0v) is 15.8. The summed E-state index contributed by atoms with van der Waals surface area (Å²) in [7, 11) is 0. The second-order valence-electron chi connectivity index (χ2n) is 7.48. The van der Waals surface area contributed by atoms with Gasteiger partial charge < -0.3 is 15.4 Å². The second kappa shape index (κ2) is 8.37. The third kappa shape index (κ3) is 4.29. The van der Waals surface area contributed by atoms with Crippen molar-refractivity contribution in [2.24, 2.45) is 11.8 Å². The van der Waals surface area contributed by atoms with Crippen LogP contribution in [0, 0.1) is 24.2 Å². The lowest BCUT2D eigenvalue weighted by Gasteiger charge is -2.48. The molecule has 2 aromatic carbocycles. The first kappa shape index (κ1) is 18.4. The zero-order valence-electron chi connectivity index (χ0n) is 15.8. The number of piperidine rings is 3. The van der Waals surface area contributed by atoms with Crippen molar-refractivity contribution in [3.63, 3.8) is 0 Å². The van der Waals surface area contributed by atoms with Crippen LogP contribution in [0.25, 0.3) is 0 Å². The first-order valence-corrected chi connectivity index (χ1v) is 9.79. The first-order valence-electron chi connectivity index (χ1n) is 9.79. The minimum absolute atomic E-state index is 0.187. The van der Waals surface area contributed by atoms with Crippen molar-refractivity contribution in [3.05, 3.63) is 54.6 Å². The number of amides is 2. The molecule has 3 saturated heterocycles. The van der Waals surface area contributed by atoms with Crippen LogP contribution in [0.15, 0.2) is 54.6 Å². The molecule has 0 spiro atoms. The number of fused-ring (bicyclic) bond motifs is 3. The average molecular weight is 375 g/mol. The van der Waals surface area contributed by atoms with E-state index in [0.29, 0.717) is 24.4 Å². The van der Waals surface area contributed by atoms with Crippen molar-refractivity contribution in [2.75, 3.05) is 25.0 Å². The van der Waals surface area contributed by atoms with Gasteiger partial charge in [-0.3, -0.25) is 4.90 Å².